The molecule has 1 aliphatic rings. The maximum atomic E-state index is 12.6. The Balaban J connectivity index is 1.76. The van der Waals surface area contributed by atoms with Crippen molar-refractivity contribution >= 4 is 23.2 Å². The van der Waals surface area contributed by atoms with E-state index in [1.807, 2.05) is 12.1 Å². The molecule has 3 rings (SSSR count). The van der Waals surface area contributed by atoms with Crippen LogP contribution in [0.4, 0.5) is 11.4 Å². The van der Waals surface area contributed by atoms with Gasteiger partial charge in [-0.2, -0.15) is 0 Å². The highest BCUT2D eigenvalue weighted by atomic mass is 16.5. The van der Waals surface area contributed by atoms with Gasteiger partial charge in [-0.05, 0) is 48.4 Å². The maximum Gasteiger partial charge on any atom is 0.255 e. The van der Waals surface area contributed by atoms with E-state index in [1.54, 1.807) is 42.2 Å². The van der Waals surface area contributed by atoms with Crippen molar-refractivity contribution in [1.82, 2.24) is 0 Å². The van der Waals surface area contributed by atoms with Gasteiger partial charge in [-0.15, -0.1) is 0 Å². The van der Waals surface area contributed by atoms with Crippen molar-refractivity contribution in [2.24, 2.45) is 0 Å². The van der Waals surface area contributed by atoms with Crippen molar-refractivity contribution in [3.63, 3.8) is 0 Å². The van der Waals surface area contributed by atoms with Crippen LogP contribution in [0, 0.1) is 0 Å². The number of nitrogens with one attached hydrogen (secondary N) is 1. The van der Waals surface area contributed by atoms with Crippen LogP contribution in [0.5, 0.6) is 11.5 Å². The van der Waals surface area contributed by atoms with Crippen LogP contribution in [0.15, 0.2) is 49.1 Å². The molecule has 0 spiro atoms. The summed E-state index contributed by atoms with van der Waals surface area (Å²) >= 11 is 0. The zero-order valence-corrected chi connectivity index (χ0v) is 15.5. The third-order valence-corrected chi connectivity index (χ3v) is 4.40. The number of fused-ring (bicyclic) bond motifs is 1. The minimum atomic E-state index is -0.245. The summed E-state index contributed by atoms with van der Waals surface area (Å²) in [5.74, 6) is 0.813. The first-order valence-corrected chi connectivity index (χ1v) is 8.67. The molecule has 0 aliphatic carbocycles. The van der Waals surface area contributed by atoms with E-state index in [1.165, 1.54) is 7.11 Å². The topological polar surface area (TPSA) is 67.9 Å². The Morgan fingerprint density at radius 2 is 2.04 bits per heavy atom. The second-order valence-corrected chi connectivity index (χ2v) is 6.18. The Morgan fingerprint density at radius 3 is 2.74 bits per heavy atom. The molecule has 6 heteroatoms. The van der Waals surface area contributed by atoms with Crippen molar-refractivity contribution in [1.29, 1.82) is 0 Å². The first-order chi connectivity index (χ1) is 13.0. The van der Waals surface area contributed by atoms with Gasteiger partial charge < -0.3 is 19.7 Å². The molecule has 0 bridgehead atoms. The van der Waals surface area contributed by atoms with E-state index < -0.39 is 0 Å². The molecule has 2 aromatic rings. The Morgan fingerprint density at radius 1 is 1.22 bits per heavy atom. The fourth-order valence-electron chi connectivity index (χ4n) is 3.09. The normalized spacial score (nSPS) is 12.3. The molecule has 1 N–H and O–H groups in total. The first-order valence-electron chi connectivity index (χ1n) is 8.67. The number of benzene rings is 2. The van der Waals surface area contributed by atoms with E-state index >= 15 is 0 Å². The molecule has 0 saturated carbocycles. The minimum Gasteiger partial charge on any atom is -0.493 e. The van der Waals surface area contributed by atoms with E-state index in [4.69, 9.17) is 9.47 Å². The van der Waals surface area contributed by atoms with Crippen LogP contribution in [0.1, 0.15) is 22.8 Å². The summed E-state index contributed by atoms with van der Waals surface area (Å²) in [5, 5.41) is 2.89. The molecule has 0 aromatic heterocycles. The summed E-state index contributed by atoms with van der Waals surface area (Å²) in [7, 11) is 1.53. The van der Waals surface area contributed by atoms with Gasteiger partial charge in [0.05, 0.1) is 7.11 Å². The van der Waals surface area contributed by atoms with Crippen LogP contribution >= 0.6 is 0 Å². The first kappa shape index (κ1) is 18.5. The fraction of sp³-hybridized carbons (Fsp3) is 0.238. The molecule has 2 amide bonds. The summed E-state index contributed by atoms with van der Waals surface area (Å²) in [6, 6.07) is 10.6. The van der Waals surface area contributed by atoms with Gasteiger partial charge in [0, 0.05) is 30.4 Å². The number of anilines is 2. The molecule has 140 valence electrons. The van der Waals surface area contributed by atoms with Crippen molar-refractivity contribution in [2.45, 2.75) is 13.3 Å². The predicted molar refractivity (Wildman–Crippen MR) is 105 cm³/mol. The highest BCUT2D eigenvalue weighted by molar-refractivity contribution is 6.05. The van der Waals surface area contributed by atoms with Gasteiger partial charge in [0.1, 0.15) is 6.61 Å². The van der Waals surface area contributed by atoms with E-state index in [0.29, 0.717) is 35.9 Å². The molecule has 1 aliphatic heterocycles. The van der Waals surface area contributed by atoms with Gasteiger partial charge in [-0.3, -0.25) is 9.59 Å². The zero-order chi connectivity index (χ0) is 19.4. The number of hydrogen-bond acceptors (Lipinski definition) is 4. The number of methoxy groups -OCH3 is 1. The lowest BCUT2D eigenvalue weighted by molar-refractivity contribution is -0.116. The van der Waals surface area contributed by atoms with E-state index in [-0.39, 0.29) is 11.8 Å². The predicted octanol–water partition coefficient (Wildman–Crippen LogP) is 3.42. The maximum absolute atomic E-state index is 12.6. The molecule has 0 fully saturated rings. The van der Waals surface area contributed by atoms with Crippen molar-refractivity contribution < 1.29 is 19.1 Å². The van der Waals surface area contributed by atoms with Crippen LogP contribution in [0.2, 0.25) is 0 Å². The number of ether oxygens (including phenoxy) is 2. The standard InChI is InChI=1S/C21H22N2O4/c1-4-11-27-19-8-5-16(13-20(19)26-3)21(25)22-17-6-7-18-15(12-17)9-10-23(18)14(2)24/h4-8,12-13H,1,9-11H2,2-3H3,(H,22,25). The minimum absolute atomic E-state index is 0.0244. The lowest BCUT2D eigenvalue weighted by Crippen LogP contribution is -2.25. The zero-order valence-electron chi connectivity index (χ0n) is 15.5. The van der Waals surface area contributed by atoms with Gasteiger partial charge in [0.25, 0.3) is 5.91 Å². The summed E-state index contributed by atoms with van der Waals surface area (Å²) in [4.78, 5) is 26.0. The van der Waals surface area contributed by atoms with Crippen LogP contribution in [0.25, 0.3) is 0 Å². The largest absolute Gasteiger partial charge is 0.493 e. The Labute approximate surface area is 158 Å². The van der Waals surface area contributed by atoms with Gasteiger partial charge in [-0.1, -0.05) is 12.7 Å². The third kappa shape index (κ3) is 3.95. The highest BCUT2D eigenvalue weighted by Gasteiger charge is 2.22. The third-order valence-electron chi connectivity index (χ3n) is 4.40. The monoisotopic (exact) mass is 366 g/mol. The van der Waals surface area contributed by atoms with E-state index in [9.17, 15) is 9.59 Å². The van der Waals surface area contributed by atoms with Crippen LogP contribution < -0.4 is 19.7 Å². The van der Waals surface area contributed by atoms with Crippen LogP contribution in [-0.2, 0) is 11.2 Å². The van der Waals surface area contributed by atoms with Gasteiger partial charge in [0.2, 0.25) is 5.91 Å². The number of carbonyl (C=O) groups excluding carboxylic acids is 2. The van der Waals surface area contributed by atoms with Crippen molar-refractivity contribution in [2.75, 3.05) is 30.5 Å². The molecule has 0 saturated heterocycles. The summed E-state index contributed by atoms with van der Waals surface area (Å²) in [6.07, 6.45) is 2.42. The van der Waals surface area contributed by atoms with Crippen LogP contribution in [-0.4, -0.2) is 32.1 Å². The van der Waals surface area contributed by atoms with Gasteiger partial charge >= 0.3 is 0 Å². The Kier molecular flexibility index (Phi) is 5.45. The summed E-state index contributed by atoms with van der Waals surface area (Å²) in [5.41, 5.74) is 3.11. The smallest absolute Gasteiger partial charge is 0.255 e. The SMILES string of the molecule is C=CCOc1ccc(C(=O)Nc2ccc3c(c2)CCN3C(C)=O)cc1OC. The lowest BCUT2D eigenvalue weighted by atomic mass is 10.1. The molecule has 1 heterocycles. The second-order valence-electron chi connectivity index (χ2n) is 6.18. The molecule has 0 radical (unpaired) electrons. The lowest BCUT2D eigenvalue weighted by Gasteiger charge is -2.15. The Hall–Kier alpha value is -3.28. The fourth-order valence-corrected chi connectivity index (χ4v) is 3.09. The molecular formula is C21H22N2O4. The molecule has 27 heavy (non-hydrogen) atoms. The average molecular weight is 366 g/mol. The molecule has 0 atom stereocenters. The molecule has 2 aromatic carbocycles. The summed E-state index contributed by atoms with van der Waals surface area (Å²) in [6.45, 7) is 6.19. The molecule has 6 nitrogen and oxygen atoms in total. The highest BCUT2D eigenvalue weighted by Crippen LogP contribution is 2.31. The van der Waals surface area contributed by atoms with Gasteiger partial charge in [0.15, 0.2) is 11.5 Å². The van der Waals surface area contributed by atoms with E-state index in [2.05, 4.69) is 11.9 Å². The molecule has 0 unspecified atom stereocenters. The quantitative estimate of drug-likeness (QED) is 0.796. The number of hydrogen-bond donors (Lipinski definition) is 1. The molecular weight excluding hydrogens is 344 g/mol. The number of rotatable bonds is 6. The number of carbonyl (C=O) groups is 2. The number of nitrogens with zero attached hydrogens (tertiary/aromatic N) is 1. The Bertz CT molecular complexity index is 892. The van der Waals surface area contributed by atoms with Crippen LogP contribution in [0.3, 0.4) is 0 Å². The average Bonchev–Trinajstić information content (AvgIpc) is 3.09. The van der Waals surface area contributed by atoms with Gasteiger partial charge in [-0.25, -0.2) is 0 Å². The van der Waals surface area contributed by atoms with Crippen molar-refractivity contribution in [3.05, 3.63) is 60.2 Å². The van der Waals surface area contributed by atoms with Crippen molar-refractivity contribution in [3.8, 4) is 11.5 Å². The van der Waals surface area contributed by atoms with E-state index in [0.717, 1.165) is 17.7 Å². The summed E-state index contributed by atoms with van der Waals surface area (Å²) < 4.78 is 10.8. The number of amides is 2. The second kappa shape index (κ2) is 7.95.